The molecule has 0 spiro atoms. The van der Waals surface area contributed by atoms with Crippen molar-refractivity contribution in [2.24, 2.45) is 0 Å². The first-order chi connectivity index (χ1) is 11.7. The van der Waals surface area contributed by atoms with Crippen molar-refractivity contribution >= 4 is 23.2 Å². The highest BCUT2D eigenvalue weighted by Crippen LogP contribution is 2.24. The van der Waals surface area contributed by atoms with Gasteiger partial charge in [-0.2, -0.15) is 0 Å². The van der Waals surface area contributed by atoms with Gasteiger partial charge in [0.05, 0.1) is 0 Å². The Labute approximate surface area is 148 Å². The first-order valence-corrected chi connectivity index (χ1v) is 8.93. The minimum absolute atomic E-state index is 0.106. The number of anilines is 1. The molecule has 1 atom stereocenters. The molecule has 3 rings (SSSR count). The highest BCUT2D eigenvalue weighted by atomic mass is 35.5. The lowest BCUT2D eigenvalue weighted by Gasteiger charge is -2.27. The van der Waals surface area contributed by atoms with Crippen LogP contribution in [0.15, 0.2) is 54.6 Å². The third-order valence-corrected chi connectivity index (χ3v) is 4.76. The van der Waals surface area contributed by atoms with Crippen LogP contribution in [0.5, 0.6) is 0 Å². The van der Waals surface area contributed by atoms with Gasteiger partial charge in [-0.25, -0.2) is 0 Å². The second-order valence-corrected chi connectivity index (χ2v) is 6.70. The van der Waals surface area contributed by atoms with Gasteiger partial charge in [-0.05, 0) is 49.1 Å². The fourth-order valence-corrected chi connectivity index (χ4v) is 3.49. The number of amides is 1. The number of benzene rings is 2. The van der Waals surface area contributed by atoms with Gasteiger partial charge in [0.2, 0.25) is 5.91 Å². The second kappa shape index (κ2) is 8.20. The zero-order valence-corrected chi connectivity index (χ0v) is 14.5. The van der Waals surface area contributed by atoms with Gasteiger partial charge in [0, 0.05) is 36.3 Å². The van der Waals surface area contributed by atoms with Gasteiger partial charge in [-0.3, -0.25) is 4.79 Å². The van der Waals surface area contributed by atoms with Crippen molar-refractivity contribution in [3.63, 3.8) is 0 Å². The van der Waals surface area contributed by atoms with Crippen LogP contribution >= 0.6 is 11.6 Å². The number of hydrogen-bond donors (Lipinski definition) is 1. The normalized spacial score (nSPS) is 17.0. The van der Waals surface area contributed by atoms with E-state index < -0.39 is 0 Å². The Balaban J connectivity index is 1.47. The Bertz CT molecular complexity index is 674. The lowest BCUT2D eigenvalue weighted by molar-refractivity contribution is -0.121. The molecule has 1 saturated heterocycles. The molecule has 2 aromatic rings. The summed E-state index contributed by atoms with van der Waals surface area (Å²) in [6.45, 7) is 1.77. The molecule has 0 aromatic heterocycles. The Morgan fingerprint density at radius 3 is 2.79 bits per heavy atom. The van der Waals surface area contributed by atoms with Crippen LogP contribution in [-0.2, 0) is 11.2 Å². The predicted octanol–water partition coefficient (Wildman–Crippen LogP) is 4.06. The zero-order valence-electron chi connectivity index (χ0n) is 13.7. The van der Waals surface area contributed by atoms with Gasteiger partial charge in [0.15, 0.2) is 0 Å². The van der Waals surface area contributed by atoms with Gasteiger partial charge in [0.25, 0.3) is 0 Å². The maximum Gasteiger partial charge on any atom is 0.220 e. The summed E-state index contributed by atoms with van der Waals surface area (Å²) in [6, 6.07) is 18.5. The molecule has 1 amide bonds. The Kier molecular flexibility index (Phi) is 5.76. The van der Waals surface area contributed by atoms with Gasteiger partial charge in [0.1, 0.15) is 0 Å². The van der Waals surface area contributed by atoms with E-state index in [1.54, 1.807) is 0 Å². The zero-order chi connectivity index (χ0) is 16.8. The molecule has 1 fully saturated rings. The first-order valence-electron chi connectivity index (χ1n) is 8.55. The number of nitrogens with zero attached hydrogens (tertiary/aromatic N) is 1. The summed E-state index contributed by atoms with van der Waals surface area (Å²) in [5.41, 5.74) is 2.35. The molecule has 0 aliphatic carbocycles. The number of aryl methyl sites for hydroxylation is 1. The maximum absolute atomic E-state index is 12.1. The highest BCUT2D eigenvalue weighted by Gasteiger charge is 2.24. The number of carbonyl (C=O) groups excluding carboxylic acids is 1. The van der Waals surface area contributed by atoms with Gasteiger partial charge < -0.3 is 10.2 Å². The van der Waals surface area contributed by atoms with Gasteiger partial charge in [-0.15, -0.1) is 0 Å². The van der Waals surface area contributed by atoms with Crippen LogP contribution in [0.25, 0.3) is 0 Å². The standard InChI is InChI=1S/C20H23ClN2O/c21-17-7-4-6-16(14-17)11-12-20(24)22-15-19-10-5-13-23(19)18-8-2-1-3-9-18/h1-4,6-9,14,19H,5,10-13,15H2,(H,22,24). The lowest BCUT2D eigenvalue weighted by Crippen LogP contribution is -2.40. The Hall–Kier alpha value is -2.00. The van der Waals surface area contributed by atoms with Crippen molar-refractivity contribution in [2.45, 2.75) is 31.7 Å². The van der Waals surface area contributed by atoms with Crippen molar-refractivity contribution in [1.29, 1.82) is 0 Å². The van der Waals surface area contributed by atoms with Crippen molar-refractivity contribution in [3.05, 3.63) is 65.2 Å². The molecular formula is C20H23ClN2O. The minimum atomic E-state index is 0.106. The van der Waals surface area contributed by atoms with Crippen LogP contribution in [-0.4, -0.2) is 25.0 Å². The number of hydrogen-bond acceptors (Lipinski definition) is 2. The van der Waals surface area contributed by atoms with E-state index in [2.05, 4.69) is 34.5 Å². The van der Waals surface area contributed by atoms with Gasteiger partial charge in [-0.1, -0.05) is 41.9 Å². The van der Waals surface area contributed by atoms with E-state index >= 15 is 0 Å². The van der Waals surface area contributed by atoms with E-state index in [1.165, 1.54) is 12.1 Å². The summed E-state index contributed by atoms with van der Waals surface area (Å²) in [5.74, 6) is 0.106. The third kappa shape index (κ3) is 4.51. The van der Waals surface area contributed by atoms with E-state index in [0.717, 1.165) is 30.0 Å². The van der Waals surface area contributed by atoms with E-state index in [1.807, 2.05) is 30.3 Å². The molecule has 0 saturated carbocycles. The van der Waals surface area contributed by atoms with Crippen molar-refractivity contribution in [2.75, 3.05) is 18.0 Å². The average molecular weight is 343 g/mol. The van der Waals surface area contributed by atoms with Crippen LogP contribution in [0.1, 0.15) is 24.8 Å². The van der Waals surface area contributed by atoms with Crippen LogP contribution in [0.2, 0.25) is 5.02 Å². The molecule has 0 radical (unpaired) electrons. The summed E-state index contributed by atoms with van der Waals surface area (Å²) in [6.07, 6.45) is 3.53. The van der Waals surface area contributed by atoms with Crippen molar-refractivity contribution < 1.29 is 4.79 Å². The summed E-state index contributed by atoms with van der Waals surface area (Å²) in [7, 11) is 0. The minimum Gasteiger partial charge on any atom is -0.367 e. The topological polar surface area (TPSA) is 32.3 Å². The molecule has 1 heterocycles. The predicted molar refractivity (Wildman–Crippen MR) is 99.6 cm³/mol. The average Bonchev–Trinajstić information content (AvgIpc) is 3.07. The van der Waals surface area contributed by atoms with Crippen molar-refractivity contribution in [1.82, 2.24) is 5.32 Å². The fraction of sp³-hybridized carbons (Fsp3) is 0.350. The Morgan fingerprint density at radius 2 is 2.00 bits per heavy atom. The van der Waals surface area contributed by atoms with E-state index in [0.29, 0.717) is 19.0 Å². The molecule has 126 valence electrons. The molecule has 1 unspecified atom stereocenters. The maximum atomic E-state index is 12.1. The van der Waals surface area contributed by atoms with E-state index in [9.17, 15) is 4.79 Å². The second-order valence-electron chi connectivity index (χ2n) is 6.26. The van der Waals surface area contributed by atoms with Crippen molar-refractivity contribution in [3.8, 4) is 0 Å². The molecule has 4 heteroatoms. The lowest BCUT2D eigenvalue weighted by atomic mass is 10.1. The molecule has 3 nitrogen and oxygen atoms in total. The van der Waals surface area contributed by atoms with Crippen LogP contribution in [0.3, 0.4) is 0 Å². The summed E-state index contributed by atoms with van der Waals surface area (Å²) in [4.78, 5) is 14.5. The van der Waals surface area contributed by atoms with E-state index in [-0.39, 0.29) is 5.91 Å². The molecular weight excluding hydrogens is 320 g/mol. The molecule has 2 aromatic carbocycles. The van der Waals surface area contributed by atoms with Crippen LogP contribution in [0.4, 0.5) is 5.69 Å². The number of carbonyl (C=O) groups is 1. The molecule has 1 aliphatic rings. The number of halogens is 1. The highest BCUT2D eigenvalue weighted by molar-refractivity contribution is 6.30. The summed E-state index contributed by atoms with van der Waals surface area (Å²) in [5, 5.41) is 3.82. The number of para-hydroxylation sites is 1. The van der Waals surface area contributed by atoms with Crippen LogP contribution < -0.4 is 10.2 Å². The SMILES string of the molecule is O=C(CCc1cccc(Cl)c1)NCC1CCCN1c1ccccc1. The molecule has 24 heavy (non-hydrogen) atoms. The number of rotatable bonds is 6. The fourth-order valence-electron chi connectivity index (χ4n) is 3.28. The molecule has 1 aliphatic heterocycles. The summed E-state index contributed by atoms with van der Waals surface area (Å²) < 4.78 is 0. The first kappa shape index (κ1) is 16.8. The monoisotopic (exact) mass is 342 g/mol. The van der Waals surface area contributed by atoms with Gasteiger partial charge >= 0.3 is 0 Å². The largest absolute Gasteiger partial charge is 0.367 e. The number of nitrogens with one attached hydrogen (secondary N) is 1. The quantitative estimate of drug-likeness (QED) is 0.858. The van der Waals surface area contributed by atoms with Crippen LogP contribution in [0, 0.1) is 0 Å². The molecule has 1 N–H and O–H groups in total. The third-order valence-electron chi connectivity index (χ3n) is 4.53. The Morgan fingerprint density at radius 1 is 1.17 bits per heavy atom. The van der Waals surface area contributed by atoms with E-state index in [4.69, 9.17) is 11.6 Å². The summed E-state index contributed by atoms with van der Waals surface area (Å²) >= 11 is 5.98. The molecule has 0 bridgehead atoms. The smallest absolute Gasteiger partial charge is 0.220 e.